The third-order valence-electron chi connectivity index (χ3n) is 7.82. The van der Waals surface area contributed by atoms with Crippen LogP contribution in [0.5, 0.6) is 0 Å². The van der Waals surface area contributed by atoms with Crippen molar-refractivity contribution >= 4 is 15.7 Å². The lowest BCUT2D eigenvalue weighted by atomic mass is 9.49. The van der Waals surface area contributed by atoms with E-state index in [1.165, 1.54) is 19.3 Å². The van der Waals surface area contributed by atoms with E-state index < -0.39 is 9.84 Å². The molecule has 2 heterocycles. The molecule has 1 amide bonds. The van der Waals surface area contributed by atoms with Crippen LogP contribution in [0.1, 0.15) is 44.9 Å². The number of amides is 1. The molecule has 5 nitrogen and oxygen atoms in total. The van der Waals surface area contributed by atoms with Gasteiger partial charge in [-0.1, -0.05) is 0 Å². The summed E-state index contributed by atoms with van der Waals surface area (Å²) < 4.78 is 23.4. The van der Waals surface area contributed by atoms with Gasteiger partial charge in [-0.2, -0.15) is 0 Å². The Hall–Kier alpha value is -0.620. The van der Waals surface area contributed by atoms with Gasteiger partial charge in [0.25, 0.3) is 0 Å². The van der Waals surface area contributed by atoms with Gasteiger partial charge in [0.15, 0.2) is 9.84 Å². The lowest BCUT2D eigenvalue weighted by Crippen LogP contribution is -2.59. The summed E-state index contributed by atoms with van der Waals surface area (Å²) in [6.45, 7) is 3.27. The molecule has 0 aromatic rings. The minimum Gasteiger partial charge on any atom is -0.340 e. The van der Waals surface area contributed by atoms with E-state index >= 15 is 0 Å². The summed E-state index contributed by atoms with van der Waals surface area (Å²) in [5.41, 5.74) is -0.0341. The van der Waals surface area contributed by atoms with Crippen LogP contribution in [0.3, 0.4) is 0 Å². The van der Waals surface area contributed by atoms with Crippen molar-refractivity contribution in [2.75, 3.05) is 37.7 Å². The molecule has 6 aliphatic rings. The quantitative estimate of drug-likeness (QED) is 0.744. The fourth-order valence-electron chi connectivity index (χ4n) is 7.06. The summed E-state index contributed by atoms with van der Waals surface area (Å²) >= 11 is 0. The van der Waals surface area contributed by atoms with Gasteiger partial charge in [0.1, 0.15) is 0 Å². The van der Waals surface area contributed by atoms with Crippen molar-refractivity contribution in [1.29, 1.82) is 0 Å². The van der Waals surface area contributed by atoms with Gasteiger partial charge in [-0.05, 0) is 62.7 Å². The van der Waals surface area contributed by atoms with Gasteiger partial charge in [0.2, 0.25) is 5.91 Å². The third kappa shape index (κ3) is 2.84. The van der Waals surface area contributed by atoms with Gasteiger partial charge in [0, 0.05) is 32.2 Å². The molecular weight excluding hydrogens is 336 g/mol. The highest BCUT2D eigenvalue weighted by molar-refractivity contribution is 7.91. The molecular formula is C19H30N2O3S. The minimum absolute atomic E-state index is 0.0341. The van der Waals surface area contributed by atoms with Crippen molar-refractivity contribution in [2.45, 2.75) is 51.0 Å². The van der Waals surface area contributed by atoms with Crippen molar-refractivity contribution in [2.24, 2.45) is 23.2 Å². The van der Waals surface area contributed by atoms with Crippen LogP contribution in [0.2, 0.25) is 0 Å². The molecule has 4 saturated carbocycles. The fourth-order valence-corrected chi connectivity index (χ4v) is 8.82. The standard InChI is InChI=1S/C19H30N2O3S/c22-18(19-10-14-7-15(11-19)9-16(8-14)12-19)21-4-2-20(3-5-21)17-1-6-25(23,24)13-17/h14-17H,1-13H2. The lowest BCUT2D eigenvalue weighted by Gasteiger charge is -2.57. The van der Waals surface area contributed by atoms with Crippen LogP contribution < -0.4 is 0 Å². The molecule has 0 radical (unpaired) electrons. The lowest BCUT2D eigenvalue weighted by molar-refractivity contribution is -0.159. The van der Waals surface area contributed by atoms with Gasteiger partial charge in [-0.25, -0.2) is 8.42 Å². The van der Waals surface area contributed by atoms with Crippen LogP contribution in [0.4, 0.5) is 0 Å². The van der Waals surface area contributed by atoms with Crippen LogP contribution in [0, 0.1) is 23.2 Å². The van der Waals surface area contributed by atoms with Gasteiger partial charge >= 0.3 is 0 Å². The molecule has 4 aliphatic carbocycles. The number of carbonyl (C=O) groups is 1. The van der Waals surface area contributed by atoms with Crippen LogP contribution in [-0.2, 0) is 14.6 Å². The zero-order valence-electron chi connectivity index (χ0n) is 15.0. The summed E-state index contributed by atoms with van der Waals surface area (Å²) in [7, 11) is -2.83. The van der Waals surface area contributed by atoms with E-state index in [1.54, 1.807) is 0 Å². The monoisotopic (exact) mass is 366 g/mol. The number of hydrogen-bond donors (Lipinski definition) is 0. The number of rotatable bonds is 2. The van der Waals surface area contributed by atoms with Crippen LogP contribution in [0.25, 0.3) is 0 Å². The molecule has 6 fully saturated rings. The molecule has 6 heteroatoms. The first-order valence-corrected chi connectivity index (χ1v) is 12.0. The van der Waals surface area contributed by atoms with Crippen LogP contribution in [0.15, 0.2) is 0 Å². The molecule has 0 N–H and O–H groups in total. The van der Waals surface area contributed by atoms with E-state index in [0.717, 1.165) is 69.6 Å². The molecule has 1 atom stereocenters. The van der Waals surface area contributed by atoms with Crippen molar-refractivity contribution in [1.82, 2.24) is 9.80 Å². The first kappa shape index (κ1) is 16.5. The van der Waals surface area contributed by atoms with Gasteiger partial charge in [0.05, 0.1) is 16.9 Å². The fraction of sp³-hybridized carbons (Fsp3) is 0.947. The first-order valence-electron chi connectivity index (χ1n) is 10.2. The van der Waals surface area contributed by atoms with Gasteiger partial charge < -0.3 is 4.90 Å². The Morgan fingerprint density at radius 1 is 0.880 bits per heavy atom. The second-order valence-electron chi connectivity index (χ2n) is 9.58. The van der Waals surface area contributed by atoms with E-state index in [4.69, 9.17) is 0 Å². The van der Waals surface area contributed by atoms with Gasteiger partial charge in [-0.3, -0.25) is 9.69 Å². The Labute approximate surface area is 151 Å². The predicted molar refractivity (Wildman–Crippen MR) is 95.8 cm³/mol. The highest BCUT2D eigenvalue weighted by Crippen LogP contribution is 2.60. The summed E-state index contributed by atoms with van der Waals surface area (Å²) in [6.07, 6.45) is 8.30. The Balaban J connectivity index is 1.23. The second kappa shape index (κ2) is 5.69. The van der Waals surface area contributed by atoms with E-state index in [1.807, 2.05) is 0 Å². The average Bonchev–Trinajstić information content (AvgIpc) is 2.93. The number of sulfone groups is 1. The largest absolute Gasteiger partial charge is 0.340 e. The zero-order chi connectivity index (χ0) is 17.2. The number of carbonyl (C=O) groups excluding carboxylic acids is 1. The van der Waals surface area contributed by atoms with Crippen molar-refractivity contribution in [3.63, 3.8) is 0 Å². The van der Waals surface area contributed by atoms with Crippen LogP contribution >= 0.6 is 0 Å². The molecule has 6 rings (SSSR count). The normalized spacial score (nSPS) is 45.8. The maximum Gasteiger partial charge on any atom is 0.228 e. The summed E-state index contributed by atoms with van der Waals surface area (Å²) in [4.78, 5) is 17.8. The minimum atomic E-state index is -2.83. The summed E-state index contributed by atoms with van der Waals surface area (Å²) in [5.74, 6) is 3.51. The predicted octanol–water partition coefficient (Wildman–Crippen LogP) is 1.53. The summed E-state index contributed by atoms with van der Waals surface area (Å²) in [5, 5.41) is 0. The first-order chi connectivity index (χ1) is 11.9. The SMILES string of the molecule is O=C(N1CCN(C2CCS(=O)(=O)C2)CC1)C12CC3CC(CC(C3)C1)C2. The van der Waals surface area contributed by atoms with Crippen LogP contribution in [-0.4, -0.2) is 67.9 Å². The Kier molecular flexibility index (Phi) is 3.76. The molecule has 0 spiro atoms. The van der Waals surface area contributed by atoms with E-state index in [9.17, 15) is 13.2 Å². The maximum absolute atomic E-state index is 13.4. The van der Waals surface area contributed by atoms with Crippen molar-refractivity contribution < 1.29 is 13.2 Å². The molecule has 140 valence electrons. The van der Waals surface area contributed by atoms with Crippen molar-refractivity contribution in [3.8, 4) is 0 Å². The van der Waals surface area contributed by atoms with Crippen molar-refractivity contribution in [3.05, 3.63) is 0 Å². The average molecular weight is 367 g/mol. The maximum atomic E-state index is 13.4. The molecule has 1 unspecified atom stereocenters. The Bertz CT molecular complexity index is 631. The van der Waals surface area contributed by atoms with Gasteiger partial charge in [-0.15, -0.1) is 0 Å². The Morgan fingerprint density at radius 3 is 1.92 bits per heavy atom. The molecule has 0 aromatic carbocycles. The summed E-state index contributed by atoms with van der Waals surface area (Å²) in [6, 6.07) is 0.182. The molecule has 2 saturated heterocycles. The highest BCUT2D eigenvalue weighted by atomic mass is 32.2. The zero-order valence-corrected chi connectivity index (χ0v) is 15.8. The second-order valence-corrected chi connectivity index (χ2v) is 11.8. The van der Waals surface area contributed by atoms with E-state index in [2.05, 4.69) is 9.80 Å². The molecule has 25 heavy (non-hydrogen) atoms. The van der Waals surface area contributed by atoms with E-state index in [0.29, 0.717) is 17.4 Å². The molecule has 0 aromatic heterocycles. The number of nitrogens with zero attached hydrogens (tertiary/aromatic N) is 2. The number of piperazine rings is 1. The van der Waals surface area contributed by atoms with E-state index in [-0.39, 0.29) is 11.5 Å². The highest BCUT2D eigenvalue weighted by Gasteiger charge is 2.55. The topological polar surface area (TPSA) is 57.7 Å². The Morgan fingerprint density at radius 2 is 1.44 bits per heavy atom. The molecule has 4 bridgehead atoms. The smallest absolute Gasteiger partial charge is 0.228 e. The molecule has 2 aliphatic heterocycles. The third-order valence-corrected chi connectivity index (χ3v) is 9.57. The number of hydrogen-bond acceptors (Lipinski definition) is 4.